The van der Waals surface area contributed by atoms with Crippen molar-refractivity contribution in [1.82, 2.24) is 19.7 Å². The van der Waals surface area contributed by atoms with Crippen molar-refractivity contribution in [3.05, 3.63) is 64.9 Å². The fourth-order valence-electron chi connectivity index (χ4n) is 3.88. The van der Waals surface area contributed by atoms with E-state index in [0.29, 0.717) is 17.6 Å². The van der Waals surface area contributed by atoms with E-state index in [1.54, 1.807) is 24.1 Å². The highest BCUT2D eigenvalue weighted by Gasteiger charge is 2.26. The molecule has 0 spiro atoms. The number of halogens is 2. The van der Waals surface area contributed by atoms with Gasteiger partial charge in [0.1, 0.15) is 5.82 Å². The van der Waals surface area contributed by atoms with Crippen molar-refractivity contribution in [2.75, 3.05) is 12.8 Å². The average Bonchev–Trinajstić information content (AvgIpc) is 3.43. The van der Waals surface area contributed by atoms with Crippen molar-refractivity contribution in [3.8, 4) is 11.4 Å². The lowest BCUT2D eigenvalue weighted by Gasteiger charge is -2.19. The van der Waals surface area contributed by atoms with E-state index >= 15 is 0 Å². The molecule has 0 unspecified atom stereocenters. The Morgan fingerprint density at radius 1 is 1.16 bits per heavy atom. The number of nitrogens with zero attached hydrogens (tertiary/aromatic N) is 4. The lowest BCUT2D eigenvalue weighted by Crippen LogP contribution is -2.28. The maximum absolute atomic E-state index is 13.1. The summed E-state index contributed by atoms with van der Waals surface area (Å²) < 4.78 is 15.3. The van der Waals surface area contributed by atoms with Crippen LogP contribution < -0.4 is 0 Å². The van der Waals surface area contributed by atoms with E-state index in [1.165, 1.54) is 36.7 Å². The van der Waals surface area contributed by atoms with Gasteiger partial charge in [-0.3, -0.25) is 9.36 Å². The Morgan fingerprint density at radius 3 is 2.58 bits per heavy atom. The van der Waals surface area contributed by atoms with Gasteiger partial charge in [-0.25, -0.2) is 4.39 Å². The molecule has 4 rings (SSSR count). The van der Waals surface area contributed by atoms with Gasteiger partial charge in [-0.15, -0.1) is 10.2 Å². The number of rotatable bonds is 7. The van der Waals surface area contributed by atoms with Crippen LogP contribution in [-0.2, 0) is 11.3 Å². The van der Waals surface area contributed by atoms with Crippen molar-refractivity contribution < 1.29 is 9.18 Å². The second-order valence-corrected chi connectivity index (χ2v) is 9.11. The first-order valence-corrected chi connectivity index (χ1v) is 11.7. The van der Waals surface area contributed by atoms with Crippen LogP contribution >= 0.6 is 23.4 Å². The zero-order chi connectivity index (χ0) is 21.8. The number of carbonyl (C=O) groups is 1. The summed E-state index contributed by atoms with van der Waals surface area (Å²) in [6, 6.07) is 14.2. The monoisotopic (exact) mass is 458 g/mol. The first kappa shape index (κ1) is 21.8. The first-order chi connectivity index (χ1) is 15.0. The summed E-state index contributed by atoms with van der Waals surface area (Å²) in [4.78, 5) is 14.3. The van der Waals surface area contributed by atoms with Gasteiger partial charge < -0.3 is 4.90 Å². The van der Waals surface area contributed by atoms with Crippen molar-refractivity contribution in [3.63, 3.8) is 0 Å². The second kappa shape index (κ2) is 9.83. The molecule has 0 atom stereocenters. The van der Waals surface area contributed by atoms with Crippen LogP contribution in [0.5, 0.6) is 0 Å². The van der Waals surface area contributed by atoms with Gasteiger partial charge in [-0.1, -0.05) is 60.5 Å². The fraction of sp³-hybridized carbons (Fsp3) is 0.348. The first-order valence-electron chi connectivity index (χ1n) is 10.3. The highest BCUT2D eigenvalue weighted by atomic mass is 35.5. The Bertz CT molecular complexity index is 1050. The molecule has 1 aliphatic rings. The number of hydrogen-bond donors (Lipinski definition) is 0. The number of thioether (sulfide) groups is 1. The van der Waals surface area contributed by atoms with E-state index in [1.807, 2.05) is 24.3 Å². The topological polar surface area (TPSA) is 51.0 Å². The molecule has 0 aliphatic heterocycles. The number of benzene rings is 2. The molecule has 1 fully saturated rings. The molecule has 0 radical (unpaired) electrons. The second-order valence-electron chi connectivity index (χ2n) is 7.76. The number of aromatic nitrogens is 3. The molecule has 1 saturated carbocycles. The van der Waals surface area contributed by atoms with Gasteiger partial charge in [0.05, 0.1) is 10.8 Å². The van der Waals surface area contributed by atoms with Crippen LogP contribution in [-0.4, -0.2) is 38.4 Å². The smallest absolute Gasteiger partial charge is 0.233 e. The predicted octanol–water partition coefficient (Wildman–Crippen LogP) is 5.60. The molecular weight excluding hydrogens is 435 g/mol. The SMILES string of the molecule is CN(Cc1ccc(F)cc1)C(=O)CSc1nnc(-c2ccccc2Cl)n1C1CCCC1. The van der Waals surface area contributed by atoms with Crippen molar-refractivity contribution in [1.29, 1.82) is 0 Å². The summed E-state index contributed by atoms with van der Waals surface area (Å²) in [5, 5.41) is 10.2. The van der Waals surface area contributed by atoms with Crippen molar-refractivity contribution >= 4 is 29.3 Å². The number of hydrogen-bond acceptors (Lipinski definition) is 4. The van der Waals surface area contributed by atoms with Crippen LogP contribution in [0, 0.1) is 5.82 Å². The fourth-order valence-corrected chi connectivity index (χ4v) is 5.05. The summed E-state index contributed by atoms with van der Waals surface area (Å²) in [7, 11) is 1.75. The van der Waals surface area contributed by atoms with Gasteiger partial charge in [0.25, 0.3) is 0 Å². The molecule has 0 bridgehead atoms. The quantitative estimate of drug-likeness (QED) is 0.432. The highest BCUT2D eigenvalue weighted by Crippen LogP contribution is 2.38. The molecule has 1 amide bonds. The minimum Gasteiger partial charge on any atom is -0.341 e. The van der Waals surface area contributed by atoms with Gasteiger partial charge in [-0.05, 0) is 42.7 Å². The Hall–Kier alpha value is -2.38. The molecule has 1 aromatic heterocycles. The van der Waals surface area contributed by atoms with Gasteiger partial charge in [0, 0.05) is 25.2 Å². The Morgan fingerprint density at radius 2 is 1.87 bits per heavy atom. The van der Waals surface area contributed by atoms with E-state index in [9.17, 15) is 9.18 Å². The van der Waals surface area contributed by atoms with Crippen LogP contribution in [0.25, 0.3) is 11.4 Å². The minimum atomic E-state index is -0.283. The third-order valence-electron chi connectivity index (χ3n) is 5.55. The highest BCUT2D eigenvalue weighted by molar-refractivity contribution is 7.99. The van der Waals surface area contributed by atoms with E-state index in [4.69, 9.17) is 11.6 Å². The summed E-state index contributed by atoms with van der Waals surface area (Å²) in [6.45, 7) is 0.430. The number of carbonyl (C=O) groups excluding carboxylic acids is 1. The maximum atomic E-state index is 13.1. The Balaban J connectivity index is 1.49. The van der Waals surface area contributed by atoms with E-state index in [2.05, 4.69) is 14.8 Å². The standard InChI is InChI=1S/C23H24ClFN4OS/c1-28(14-16-10-12-17(25)13-11-16)21(30)15-31-23-27-26-22(19-8-4-5-9-20(19)24)29(23)18-6-2-3-7-18/h4-5,8-13,18H,2-3,6-7,14-15H2,1H3. The summed E-state index contributed by atoms with van der Waals surface area (Å²) >= 11 is 7.83. The minimum absolute atomic E-state index is 0.0189. The van der Waals surface area contributed by atoms with Gasteiger partial charge in [0.2, 0.25) is 5.91 Å². The van der Waals surface area contributed by atoms with Gasteiger partial charge in [-0.2, -0.15) is 0 Å². The Labute approximate surface area is 190 Å². The molecule has 8 heteroatoms. The molecular formula is C23H24ClFN4OS. The van der Waals surface area contributed by atoms with E-state index in [0.717, 1.165) is 34.9 Å². The lowest BCUT2D eigenvalue weighted by molar-refractivity contribution is -0.127. The van der Waals surface area contributed by atoms with Crippen LogP contribution in [0.15, 0.2) is 53.7 Å². The van der Waals surface area contributed by atoms with E-state index in [-0.39, 0.29) is 17.5 Å². The van der Waals surface area contributed by atoms with Crippen LogP contribution in [0.3, 0.4) is 0 Å². The molecule has 5 nitrogen and oxygen atoms in total. The zero-order valence-electron chi connectivity index (χ0n) is 17.3. The molecule has 0 saturated heterocycles. The van der Waals surface area contributed by atoms with E-state index < -0.39 is 0 Å². The normalized spacial score (nSPS) is 14.2. The third-order valence-corrected chi connectivity index (χ3v) is 6.81. The number of amides is 1. The molecule has 31 heavy (non-hydrogen) atoms. The van der Waals surface area contributed by atoms with Gasteiger partial charge in [0.15, 0.2) is 11.0 Å². The molecule has 1 heterocycles. The van der Waals surface area contributed by atoms with Crippen LogP contribution in [0.2, 0.25) is 5.02 Å². The van der Waals surface area contributed by atoms with Gasteiger partial charge >= 0.3 is 0 Å². The zero-order valence-corrected chi connectivity index (χ0v) is 18.9. The Kier molecular flexibility index (Phi) is 6.92. The molecule has 162 valence electrons. The lowest BCUT2D eigenvalue weighted by atomic mass is 10.2. The summed E-state index contributed by atoms with van der Waals surface area (Å²) in [6.07, 6.45) is 4.49. The summed E-state index contributed by atoms with van der Waals surface area (Å²) in [5.41, 5.74) is 1.74. The van der Waals surface area contributed by atoms with Crippen LogP contribution in [0.4, 0.5) is 4.39 Å². The predicted molar refractivity (Wildman–Crippen MR) is 122 cm³/mol. The summed E-state index contributed by atoms with van der Waals surface area (Å²) in [5.74, 6) is 0.709. The van der Waals surface area contributed by atoms with Crippen LogP contribution in [0.1, 0.15) is 37.3 Å². The molecule has 0 N–H and O–H groups in total. The molecule has 1 aliphatic carbocycles. The maximum Gasteiger partial charge on any atom is 0.233 e. The average molecular weight is 459 g/mol. The third kappa shape index (κ3) is 5.10. The molecule has 2 aromatic carbocycles. The van der Waals surface area contributed by atoms with Crippen molar-refractivity contribution in [2.24, 2.45) is 0 Å². The van der Waals surface area contributed by atoms with Crippen molar-refractivity contribution in [2.45, 2.75) is 43.4 Å². The largest absolute Gasteiger partial charge is 0.341 e. The molecule has 3 aromatic rings.